The van der Waals surface area contributed by atoms with Gasteiger partial charge in [0.25, 0.3) is 0 Å². The van der Waals surface area contributed by atoms with Crippen LogP contribution < -0.4 is 11.1 Å². The summed E-state index contributed by atoms with van der Waals surface area (Å²) in [5.74, 6) is 0.277. The van der Waals surface area contributed by atoms with Crippen LogP contribution in [0.3, 0.4) is 0 Å². The largest absolute Gasteiger partial charge is 0.366 e. The first-order valence-corrected chi connectivity index (χ1v) is 6.16. The molecule has 0 spiro atoms. The molecule has 5 N–H and O–H groups in total. The van der Waals surface area contributed by atoms with Gasteiger partial charge in [-0.3, -0.25) is 4.79 Å². The number of rotatable bonds is 7. The monoisotopic (exact) mass is 246 g/mol. The van der Waals surface area contributed by atoms with Crippen molar-refractivity contribution < 1.29 is 15.0 Å². The van der Waals surface area contributed by atoms with Crippen molar-refractivity contribution in [3.05, 3.63) is 0 Å². The fourth-order valence-electron chi connectivity index (χ4n) is 1.67. The van der Waals surface area contributed by atoms with Crippen molar-refractivity contribution in [1.82, 2.24) is 5.32 Å². The van der Waals surface area contributed by atoms with Crippen LogP contribution in [0.5, 0.6) is 0 Å². The summed E-state index contributed by atoms with van der Waals surface area (Å²) in [6.07, 6.45) is -0.452. The summed E-state index contributed by atoms with van der Waals surface area (Å²) in [7, 11) is 0. The highest BCUT2D eigenvalue weighted by Gasteiger charge is 2.23. The number of carbonyl (C=O) groups excluding carboxylic acids is 1. The molecule has 0 rings (SSSR count). The van der Waals surface area contributed by atoms with Gasteiger partial charge in [-0.05, 0) is 24.7 Å². The van der Waals surface area contributed by atoms with E-state index in [0.29, 0.717) is 18.8 Å². The summed E-state index contributed by atoms with van der Waals surface area (Å²) in [5, 5.41) is 20.9. The van der Waals surface area contributed by atoms with Gasteiger partial charge in [-0.1, -0.05) is 27.7 Å². The van der Waals surface area contributed by atoms with E-state index >= 15 is 0 Å². The van der Waals surface area contributed by atoms with E-state index in [1.165, 1.54) is 0 Å². The molecule has 0 aromatic heterocycles. The lowest BCUT2D eigenvalue weighted by Gasteiger charge is -2.24. The molecule has 5 nitrogen and oxygen atoms in total. The average molecular weight is 246 g/mol. The molecule has 1 amide bonds. The highest BCUT2D eigenvalue weighted by molar-refractivity contribution is 5.81. The van der Waals surface area contributed by atoms with Gasteiger partial charge in [-0.2, -0.15) is 0 Å². The van der Waals surface area contributed by atoms with Crippen LogP contribution in [0, 0.1) is 11.8 Å². The summed E-state index contributed by atoms with van der Waals surface area (Å²) in [5.41, 5.74) is 5.72. The number of carbonyl (C=O) groups is 1. The quantitative estimate of drug-likeness (QED) is 0.483. The Hall–Kier alpha value is -0.650. The van der Waals surface area contributed by atoms with E-state index in [0.717, 1.165) is 0 Å². The van der Waals surface area contributed by atoms with Crippen LogP contribution in [0.2, 0.25) is 0 Å². The Balaban J connectivity index is 4.29. The van der Waals surface area contributed by atoms with Gasteiger partial charge in [0, 0.05) is 0 Å². The highest BCUT2D eigenvalue weighted by atomic mass is 16.5. The molecule has 0 saturated heterocycles. The SMILES string of the molecule is CC(C)CC(N)C(=O)NC(CC(C)C)C(O)O. The Kier molecular flexibility index (Phi) is 7.34. The second kappa shape index (κ2) is 7.63. The van der Waals surface area contributed by atoms with Gasteiger partial charge >= 0.3 is 0 Å². The summed E-state index contributed by atoms with van der Waals surface area (Å²) < 4.78 is 0. The van der Waals surface area contributed by atoms with Crippen molar-refractivity contribution in [3.63, 3.8) is 0 Å². The zero-order chi connectivity index (χ0) is 13.6. The average Bonchev–Trinajstić information content (AvgIpc) is 2.14. The van der Waals surface area contributed by atoms with Gasteiger partial charge in [-0.25, -0.2) is 0 Å². The second-order valence-electron chi connectivity index (χ2n) is 5.39. The first kappa shape index (κ1) is 16.4. The van der Waals surface area contributed by atoms with Crippen molar-refractivity contribution in [1.29, 1.82) is 0 Å². The molecule has 0 heterocycles. The minimum Gasteiger partial charge on any atom is -0.366 e. The van der Waals surface area contributed by atoms with Crippen LogP contribution >= 0.6 is 0 Å². The third-order valence-corrected chi connectivity index (χ3v) is 2.47. The number of aliphatic hydroxyl groups is 2. The summed E-state index contributed by atoms with van der Waals surface area (Å²) in [6.45, 7) is 7.88. The standard InChI is InChI=1S/C12H26N2O3/c1-7(2)5-9(13)11(15)14-10(12(16)17)6-8(3)4/h7-10,12,16-17H,5-6,13H2,1-4H3,(H,14,15). The lowest BCUT2D eigenvalue weighted by molar-refractivity contribution is -0.129. The Labute approximate surface area is 103 Å². The third-order valence-electron chi connectivity index (χ3n) is 2.47. The van der Waals surface area contributed by atoms with E-state index in [4.69, 9.17) is 5.73 Å². The molecule has 0 aromatic carbocycles. The molecule has 0 aliphatic rings. The van der Waals surface area contributed by atoms with Gasteiger partial charge in [0.1, 0.15) is 0 Å². The van der Waals surface area contributed by atoms with Crippen molar-refractivity contribution in [2.75, 3.05) is 0 Å². The molecule has 0 saturated carbocycles. The number of hydrogen-bond acceptors (Lipinski definition) is 4. The molecule has 0 radical (unpaired) electrons. The molecule has 0 aromatic rings. The van der Waals surface area contributed by atoms with Crippen LogP contribution in [-0.4, -0.2) is 34.5 Å². The molecular weight excluding hydrogens is 220 g/mol. The lowest BCUT2D eigenvalue weighted by atomic mass is 10.0. The van der Waals surface area contributed by atoms with E-state index in [1.807, 2.05) is 27.7 Å². The Morgan fingerprint density at radius 3 is 1.94 bits per heavy atom. The molecule has 2 atom stereocenters. The van der Waals surface area contributed by atoms with Crippen LogP contribution in [0.1, 0.15) is 40.5 Å². The van der Waals surface area contributed by atoms with E-state index in [-0.39, 0.29) is 11.8 Å². The van der Waals surface area contributed by atoms with Crippen LogP contribution in [-0.2, 0) is 4.79 Å². The van der Waals surface area contributed by atoms with Crippen molar-refractivity contribution in [3.8, 4) is 0 Å². The molecule has 0 fully saturated rings. The molecule has 102 valence electrons. The van der Waals surface area contributed by atoms with Crippen LogP contribution in [0.4, 0.5) is 0 Å². The van der Waals surface area contributed by atoms with Gasteiger partial charge in [0.2, 0.25) is 5.91 Å². The Morgan fingerprint density at radius 2 is 1.59 bits per heavy atom. The molecule has 0 bridgehead atoms. The van der Waals surface area contributed by atoms with E-state index in [9.17, 15) is 15.0 Å². The van der Waals surface area contributed by atoms with E-state index in [1.54, 1.807) is 0 Å². The Morgan fingerprint density at radius 1 is 1.12 bits per heavy atom. The molecule has 2 unspecified atom stereocenters. The smallest absolute Gasteiger partial charge is 0.237 e. The maximum absolute atomic E-state index is 11.7. The maximum Gasteiger partial charge on any atom is 0.237 e. The molecule has 0 aliphatic carbocycles. The first-order valence-electron chi connectivity index (χ1n) is 6.16. The van der Waals surface area contributed by atoms with Gasteiger partial charge in [0.05, 0.1) is 12.1 Å². The van der Waals surface area contributed by atoms with E-state index < -0.39 is 18.4 Å². The minimum atomic E-state index is -1.55. The lowest BCUT2D eigenvalue weighted by Crippen LogP contribution is -2.50. The predicted molar refractivity (Wildman–Crippen MR) is 67.0 cm³/mol. The van der Waals surface area contributed by atoms with Crippen LogP contribution in [0.25, 0.3) is 0 Å². The molecular formula is C12H26N2O3. The highest BCUT2D eigenvalue weighted by Crippen LogP contribution is 2.08. The summed E-state index contributed by atoms with van der Waals surface area (Å²) in [6, 6.07) is -1.25. The first-order chi connectivity index (χ1) is 7.73. The zero-order valence-electron chi connectivity index (χ0n) is 11.2. The topological polar surface area (TPSA) is 95.6 Å². The van der Waals surface area contributed by atoms with Crippen LogP contribution in [0.15, 0.2) is 0 Å². The fourth-order valence-corrected chi connectivity index (χ4v) is 1.67. The fraction of sp³-hybridized carbons (Fsp3) is 0.917. The van der Waals surface area contributed by atoms with Crippen molar-refractivity contribution >= 4 is 5.91 Å². The summed E-state index contributed by atoms with van der Waals surface area (Å²) in [4.78, 5) is 11.7. The summed E-state index contributed by atoms with van der Waals surface area (Å²) >= 11 is 0. The van der Waals surface area contributed by atoms with Gasteiger partial charge in [0.15, 0.2) is 6.29 Å². The predicted octanol–water partition coefficient (Wildman–Crippen LogP) is 0.201. The van der Waals surface area contributed by atoms with Crippen molar-refractivity contribution in [2.24, 2.45) is 17.6 Å². The van der Waals surface area contributed by atoms with Gasteiger partial charge < -0.3 is 21.3 Å². The minimum absolute atomic E-state index is 0.267. The number of nitrogens with two attached hydrogens (primary N) is 1. The molecule has 5 heteroatoms. The number of nitrogens with one attached hydrogen (secondary N) is 1. The third kappa shape index (κ3) is 7.31. The maximum atomic E-state index is 11.7. The Bertz CT molecular complexity index is 230. The number of hydrogen-bond donors (Lipinski definition) is 4. The van der Waals surface area contributed by atoms with Crippen molar-refractivity contribution in [2.45, 2.75) is 58.9 Å². The van der Waals surface area contributed by atoms with Gasteiger partial charge in [-0.15, -0.1) is 0 Å². The van der Waals surface area contributed by atoms with E-state index in [2.05, 4.69) is 5.32 Å². The normalized spacial score (nSPS) is 15.4. The number of aliphatic hydroxyl groups excluding tert-OH is 1. The second-order valence-corrected chi connectivity index (χ2v) is 5.39. The molecule has 17 heavy (non-hydrogen) atoms. The zero-order valence-corrected chi connectivity index (χ0v) is 11.2. The molecule has 0 aliphatic heterocycles. The number of amides is 1.